The lowest BCUT2D eigenvalue weighted by Gasteiger charge is -2.21. The summed E-state index contributed by atoms with van der Waals surface area (Å²) in [5, 5.41) is 13.8. The van der Waals surface area contributed by atoms with Gasteiger partial charge in [0.15, 0.2) is 0 Å². The number of hydrogen-bond acceptors (Lipinski definition) is 8. The van der Waals surface area contributed by atoms with Gasteiger partial charge in [0.1, 0.15) is 17.2 Å². The highest BCUT2D eigenvalue weighted by Gasteiger charge is 2.38. The molecule has 4 rings (SSSR count). The molecule has 1 aromatic carbocycles. The first-order valence-corrected chi connectivity index (χ1v) is 10.1. The standard InChI is InChI=1S/C19H21FN6O2S/c1-12-17(23-28-22-12)9-25(2)10-19(27)26-7-15(13-3-5-14(20)6-4-13)16(8-26)18-11-29-24-21-18/h3-6,11,15-16H,7-10H2,1-2H3/t15-,16+/m0/s1. The minimum Gasteiger partial charge on any atom is -0.340 e. The van der Waals surface area contributed by atoms with Crippen molar-refractivity contribution in [1.29, 1.82) is 0 Å². The van der Waals surface area contributed by atoms with Crippen LogP contribution >= 0.6 is 11.5 Å². The van der Waals surface area contributed by atoms with Crippen LogP contribution in [0.15, 0.2) is 34.3 Å². The molecule has 0 aliphatic carbocycles. The molecule has 1 amide bonds. The largest absolute Gasteiger partial charge is 0.340 e. The van der Waals surface area contributed by atoms with Crippen molar-refractivity contribution >= 4 is 17.4 Å². The molecule has 29 heavy (non-hydrogen) atoms. The maximum Gasteiger partial charge on any atom is 0.236 e. The SMILES string of the molecule is Cc1nonc1CN(C)CC(=O)N1C[C@@H](c2ccc(F)cc2)[C@H](c2csnn2)C1. The quantitative estimate of drug-likeness (QED) is 0.609. The Hall–Kier alpha value is -2.72. The Bertz CT molecular complexity index is 962. The van der Waals surface area contributed by atoms with E-state index < -0.39 is 0 Å². The van der Waals surface area contributed by atoms with Crippen molar-refractivity contribution in [3.8, 4) is 0 Å². The smallest absolute Gasteiger partial charge is 0.236 e. The molecule has 0 radical (unpaired) electrons. The van der Waals surface area contributed by atoms with E-state index in [2.05, 4.69) is 19.9 Å². The van der Waals surface area contributed by atoms with E-state index in [0.29, 0.717) is 19.6 Å². The predicted molar refractivity (Wildman–Crippen MR) is 104 cm³/mol. The van der Waals surface area contributed by atoms with Crippen LogP contribution in [0, 0.1) is 12.7 Å². The summed E-state index contributed by atoms with van der Waals surface area (Å²) >= 11 is 1.30. The molecule has 8 nitrogen and oxygen atoms in total. The molecule has 0 saturated carbocycles. The molecule has 2 aromatic heterocycles. The number of carbonyl (C=O) groups is 1. The molecule has 1 aliphatic rings. The average molecular weight is 416 g/mol. The molecular weight excluding hydrogens is 395 g/mol. The molecule has 0 bridgehead atoms. The van der Waals surface area contributed by atoms with Gasteiger partial charge in [-0.3, -0.25) is 9.69 Å². The van der Waals surface area contributed by atoms with Gasteiger partial charge in [-0.2, -0.15) is 0 Å². The van der Waals surface area contributed by atoms with E-state index in [1.807, 2.05) is 29.2 Å². The Balaban J connectivity index is 1.47. The van der Waals surface area contributed by atoms with Gasteiger partial charge in [-0.05, 0) is 43.2 Å². The number of likely N-dealkylation sites (tertiary alicyclic amines) is 1. The van der Waals surface area contributed by atoms with E-state index >= 15 is 0 Å². The van der Waals surface area contributed by atoms with E-state index in [4.69, 9.17) is 4.63 Å². The molecular formula is C19H21FN6O2S. The van der Waals surface area contributed by atoms with Gasteiger partial charge >= 0.3 is 0 Å². The highest BCUT2D eigenvalue weighted by atomic mass is 32.1. The number of hydrogen-bond donors (Lipinski definition) is 0. The number of aryl methyl sites for hydroxylation is 1. The van der Waals surface area contributed by atoms with Crippen LogP contribution in [0.2, 0.25) is 0 Å². The summed E-state index contributed by atoms with van der Waals surface area (Å²) in [5.74, 6) is -0.156. The van der Waals surface area contributed by atoms with E-state index in [1.54, 1.807) is 12.1 Å². The van der Waals surface area contributed by atoms with Gasteiger partial charge in [-0.15, -0.1) is 5.10 Å². The molecule has 152 valence electrons. The zero-order chi connectivity index (χ0) is 20.4. The van der Waals surface area contributed by atoms with Gasteiger partial charge in [-0.1, -0.05) is 26.9 Å². The van der Waals surface area contributed by atoms with Crippen LogP contribution in [0.4, 0.5) is 4.39 Å². The second-order valence-corrected chi connectivity index (χ2v) is 7.97. The van der Waals surface area contributed by atoms with Gasteiger partial charge < -0.3 is 4.90 Å². The van der Waals surface area contributed by atoms with Crippen molar-refractivity contribution in [2.45, 2.75) is 25.3 Å². The molecule has 0 unspecified atom stereocenters. The summed E-state index contributed by atoms with van der Waals surface area (Å²) in [6.45, 7) is 3.68. The first-order chi connectivity index (χ1) is 14.0. The van der Waals surface area contributed by atoms with Crippen molar-refractivity contribution in [3.05, 3.63) is 58.1 Å². The lowest BCUT2D eigenvalue weighted by Crippen LogP contribution is -2.37. The van der Waals surface area contributed by atoms with Crippen LogP contribution < -0.4 is 0 Å². The average Bonchev–Trinajstić information content (AvgIpc) is 3.43. The zero-order valence-corrected chi connectivity index (χ0v) is 17.0. The number of rotatable bonds is 6. The fourth-order valence-electron chi connectivity index (χ4n) is 3.72. The third-order valence-electron chi connectivity index (χ3n) is 5.30. The van der Waals surface area contributed by atoms with Crippen LogP contribution in [0.25, 0.3) is 0 Å². The third kappa shape index (κ3) is 4.33. The van der Waals surface area contributed by atoms with E-state index in [-0.39, 0.29) is 30.1 Å². The van der Waals surface area contributed by atoms with Gasteiger partial charge in [0.2, 0.25) is 5.91 Å². The fourth-order valence-corrected chi connectivity index (χ4v) is 4.24. The van der Waals surface area contributed by atoms with Crippen LogP contribution in [-0.2, 0) is 11.3 Å². The van der Waals surface area contributed by atoms with Gasteiger partial charge in [-0.25, -0.2) is 9.02 Å². The van der Waals surface area contributed by atoms with Crippen LogP contribution in [0.1, 0.15) is 34.5 Å². The highest BCUT2D eigenvalue weighted by Crippen LogP contribution is 2.39. The van der Waals surface area contributed by atoms with Crippen LogP contribution in [0.5, 0.6) is 0 Å². The van der Waals surface area contributed by atoms with E-state index in [1.165, 1.54) is 23.7 Å². The van der Waals surface area contributed by atoms with Crippen molar-refractivity contribution < 1.29 is 13.8 Å². The first kappa shape index (κ1) is 19.6. The molecule has 0 N–H and O–H groups in total. The third-order valence-corrected chi connectivity index (χ3v) is 5.82. The zero-order valence-electron chi connectivity index (χ0n) is 16.2. The molecule has 1 fully saturated rings. The number of halogens is 1. The Kier molecular flexibility index (Phi) is 5.63. The topological polar surface area (TPSA) is 88.3 Å². The van der Waals surface area contributed by atoms with E-state index in [0.717, 1.165) is 22.6 Å². The lowest BCUT2D eigenvalue weighted by atomic mass is 9.87. The van der Waals surface area contributed by atoms with E-state index in [9.17, 15) is 9.18 Å². The molecule has 10 heteroatoms. The van der Waals surface area contributed by atoms with Gasteiger partial charge in [0, 0.05) is 36.9 Å². The van der Waals surface area contributed by atoms with Crippen LogP contribution in [-0.4, -0.2) is 62.3 Å². The fraction of sp³-hybridized carbons (Fsp3) is 0.421. The Morgan fingerprint density at radius 1 is 1.28 bits per heavy atom. The molecule has 2 atom stereocenters. The molecule has 3 aromatic rings. The lowest BCUT2D eigenvalue weighted by molar-refractivity contribution is -0.131. The number of benzene rings is 1. The maximum atomic E-state index is 13.4. The van der Waals surface area contributed by atoms with Gasteiger partial charge in [0.05, 0.1) is 12.2 Å². The Labute approximate surface area is 171 Å². The normalized spacial score (nSPS) is 19.2. The summed E-state index contributed by atoms with van der Waals surface area (Å²) in [7, 11) is 1.86. The first-order valence-electron chi connectivity index (χ1n) is 9.28. The molecule has 3 heterocycles. The van der Waals surface area contributed by atoms with Crippen molar-refractivity contribution in [1.82, 2.24) is 29.7 Å². The molecule has 1 saturated heterocycles. The number of carbonyl (C=O) groups excluding carboxylic acids is 1. The monoisotopic (exact) mass is 416 g/mol. The van der Waals surface area contributed by atoms with Crippen molar-refractivity contribution in [2.24, 2.45) is 0 Å². The summed E-state index contributed by atoms with van der Waals surface area (Å²) in [5.41, 5.74) is 3.31. The Morgan fingerprint density at radius 3 is 2.69 bits per heavy atom. The molecule has 1 aliphatic heterocycles. The van der Waals surface area contributed by atoms with Crippen molar-refractivity contribution in [3.63, 3.8) is 0 Å². The predicted octanol–water partition coefficient (Wildman–Crippen LogP) is 2.21. The number of aromatic nitrogens is 4. The number of nitrogens with zero attached hydrogens (tertiary/aromatic N) is 6. The number of likely N-dealkylation sites (N-methyl/N-ethyl adjacent to an activating group) is 1. The van der Waals surface area contributed by atoms with Gasteiger partial charge in [0.25, 0.3) is 0 Å². The minimum absolute atomic E-state index is 0.0272. The number of amides is 1. The minimum atomic E-state index is -0.272. The second-order valence-electron chi connectivity index (χ2n) is 7.36. The summed E-state index contributed by atoms with van der Waals surface area (Å²) in [6, 6.07) is 6.48. The Morgan fingerprint density at radius 2 is 2.03 bits per heavy atom. The second kappa shape index (κ2) is 8.34. The van der Waals surface area contributed by atoms with Crippen LogP contribution in [0.3, 0.4) is 0 Å². The summed E-state index contributed by atoms with van der Waals surface area (Å²) in [4.78, 5) is 16.7. The highest BCUT2D eigenvalue weighted by molar-refractivity contribution is 7.03. The summed E-state index contributed by atoms with van der Waals surface area (Å²) in [6.07, 6.45) is 0. The summed E-state index contributed by atoms with van der Waals surface area (Å²) < 4.78 is 22.1. The maximum absolute atomic E-state index is 13.4. The van der Waals surface area contributed by atoms with Crippen molar-refractivity contribution in [2.75, 3.05) is 26.7 Å². The molecule has 0 spiro atoms.